The van der Waals surface area contributed by atoms with E-state index in [1.54, 1.807) is 33.7 Å². The number of hydrogen-bond acceptors (Lipinski definition) is 5. The molecule has 1 saturated heterocycles. The van der Waals surface area contributed by atoms with Crippen molar-refractivity contribution in [3.8, 4) is 11.1 Å². The van der Waals surface area contributed by atoms with Crippen molar-refractivity contribution in [2.75, 3.05) is 18.0 Å². The van der Waals surface area contributed by atoms with Crippen molar-refractivity contribution in [3.63, 3.8) is 0 Å². The number of nitrogens with zero attached hydrogens (tertiary/aromatic N) is 4. The minimum absolute atomic E-state index is 0.00757. The van der Waals surface area contributed by atoms with Gasteiger partial charge in [-0.1, -0.05) is 30.3 Å². The van der Waals surface area contributed by atoms with E-state index in [1.807, 2.05) is 36.5 Å². The van der Waals surface area contributed by atoms with Gasteiger partial charge in [-0.05, 0) is 12.0 Å². The van der Waals surface area contributed by atoms with Crippen LogP contribution < -0.4 is 15.2 Å². The number of benzene rings is 1. The molecule has 1 aliphatic heterocycles. The summed E-state index contributed by atoms with van der Waals surface area (Å²) in [5.41, 5.74) is -2.67. The third kappa shape index (κ3) is 4.96. The Bertz CT molecular complexity index is 1300. The number of hydrogen-bond donors (Lipinski definition) is 1. The second-order valence-corrected chi connectivity index (χ2v) is 9.64. The Kier molecular flexibility index (Phi) is 6.06. The van der Waals surface area contributed by atoms with E-state index in [0.717, 1.165) is 11.1 Å². The van der Waals surface area contributed by atoms with E-state index in [1.165, 1.54) is 10.6 Å². The van der Waals surface area contributed by atoms with Crippen LogP contribution in [0.25, 0.3) is 11.1 Å². The highest BCUT2D eigenvalue weighted by Gasteiger charge is 2.47. The van der Waals surface area contributed by atoms with E-state index in [-0.39, 0.29) is 18.5 Å². The SMILES string of the molecule is Cn1cc(-c2cnn(Cc3ccccc3)c2)c(N2CCC(NS(=O)(=O)C(F)(F)F)C2)cc1=O. The average molecular weight is 482 g/mol. The van der Waals surface area contributed by atoms with E-state index >= 15 is 0 Å². The lowest BCUT2D eigenvalue weighted by atomic mass is 10.1. The molecule has 1 atom stereocenters. The van der Waals surface area contributed by atoms with Gasteiger partial charge in [-0.15, -0.1) is 0 Å². The molecule has 1 aliphatic rings. The Morgan fingerprint density at radius 2 is 1.91 bits per heavy atom. The van der Waals surface area contributed by atoms with E-state index in [0.29, 0.717) is 24.3 Å². The standard InChI is InChI=1S/C21H22F3N5O3S/c1-27-14-18(16-10-25-29(12-16)11-15-5-3-2-4-6-15)19(9-20(27)30)28-8-7-17(13-28)26-33(31,32)21(22,23)24/h2-6,9-10,12,14,17,26H,7-8,11,13H2,1H3. The van der Waals surface area contributed by atoms with Crippen LogP contribution in [0.15, 0.2) is 59.8 Å². The Morgan fingerprint density at radius 3 is 2.61 bits per heavy atom. The van der Waals surface area contributed by atoms with Gasteiger partial charge >= 0.3 is 15.5 Å². The highest BCUT2D eigenvalue weighted by Crippen LogP contribution is 2.32. The molecule has 0 radical (unpaired) electrons. The number of pyridine rings is 1. The fraction of sp³-hybridized carbons (Fsp3) is 0.333. The summed E-state index contributed by atoms with van der Waals surface area (Å²) in [6.07, 6.45) is 5.31. The second kappa shape index (κ2) is 8.67. The minimum atomic E-state index is -5.45. The molecular formula is C21H22F3N5O3S. The van der Waals surface area contributed by atoms with Gasteiger partial charge in [-0.3, -0.25) is 9.48 Å². The molecule has 1 fully saturated rings. The zero-order valence-electron chi connectivity index (χ0n) is 17.7. The number of halogens is 3. The maximum absolute atomic E-state index is 12.7. The molecule has 4 rings (SSSR count). The van der Waals surface area contributed by atoms with Crippen LogP contribution in [0.1, 0.15) is 12.0 Å². The van der Waals surface area contributed by atoms with Gasteiger partial charge in [0.25, 0.3) is 5.56 Å². The number of anilines is 1. The van der Waals surface area contributed by atoms with Crippen molar-refractivity contribution >= 4 is 15.7 Å². The first kappa shape index (κ1) is 23.1. The zero-order valence-corrected chi connectivity index (χ0v) is 18.5. The fourth-order valence-corrected chi connectivity index (χ4v) is 4.59. The maximum Gasteiger partial charge on any atom is 0.511 e. The van der Waals surface area contributed by atoms with Crippen molar-refractivity contribution in [2.45, 2.75) is 24.5 Å². The summed E-state index contributed by atoms with van der Waals surface area (Å²) in [7, 11) is -3.84. The first-order chi connectivity index (χ1) is 15.5. The molecule has 0 spiro atoms. The van der Waals surface area contributed by atoms with Gasteiger partial charge in [-0.25, -0.2) is 13.1 Å². The van der Waals surface area contributed by atoms with Crippen molar-refractivity contribution in [2.24, 2.45) is 7.05 Å². The summed E-state index contributed by atoms with van der Waals surface area (Å²) in [6.45, 7) is 0.851. The van der Waals surface area contributed by atoms with Crippen LogP contribution in [0, 0.1) is 0 Å². The Labute approximate surface area is 188 Å². The summed E-state index contributed by atoms with van der Waals surface area (Å²) in [4.78, 5) is 14.0. The summed E-state index contributed by atoms with van der Waals surface area (Å²) >= 11 is 0. The molecular weight excluding hydrogens is 459 g/mol. The van der Waals surface area contributed by atoms with Gasteiger partial charge in [0.1, 0.15) is 0 Å². The van der Waals surface area contributed by atoms with Gasteiger partial charge < -0.3 is 9.47 Å². The predicted molar refractivity (Wildman–Crippen MR) is 117 cm³/mol. The number of rotatable bonds is 6. The van der Waals surface area contributed by atoms with Crippen LogP contribution in [0.3, 0.4) is 0 Å². The summed E-state index contributed by atoms with van der Waals surface area (Å²) in [5.74, 6) is 0. The quantitative estimate of drug-likeness (QED) is 0.584. The Balaban J connectivity index is 1.60. The molecule has 1 aromatic carbocycles. The van der Waals surface area contributed by atoms with Crippen LogP contribution in [-0.4, -0.2) is 47.4 Å². The monoisotopic (exact) mass is 481 g/mol. The van der Waals surface area contributed by atoms with E-state index in [2.05, 4.69) is 5.10 Å². The molecule has 3 aromatic rings. The summed E-state index contributed by atoms with van der Waals surface area (Å²) in [5, 5.41) is 4.39. The van der Waals surface area contributed by atoms with Crippen molar-refractivity contribution in [3.05, 3.63) is 70.9 Å². The average Bonchev–Trinajstić information content (AvgIpc) is 3.39. The highest BCUT2D eigenvalue weighted by molar-refractivity contribution is 7.90. The lowest BCUT2D eigenvalue weighted by Crippen LogP contribution is -2.44. The number of nitrogens with one attached hydrogen (secondary N) is 1. The fourth-order valence-electron chi connectivity index (χ4n) is 3.83. The lowest BCUT2D eigenvalue weighted by molar-refractivity contribution is -0.0450. The van der Waals surface area contributed by atoms with E-state index in [4.69, 9.17) is 0 Å². The molecule has 1 unspecified atom stereocenters. The van der Waals surface area contributed by atoms with Gasteiger partial charge in [-0.2, -0.15) is 18.3 Å². The molecule has 0 amide bonds. The van der Waals surface area contributed by atoms with Gasteiger partial charge in [0.2, 0.25) is 0 Å². The van der Waals surface area contributed by atoms with Crippen molar-refractivity contribution in [1.29, 1.82) is 0 Å². The van der Waals surface area contributed by atoms with Crippen LogP contribution in [-0.2, 0) is 23.6 Å². The van der Waals surface area contributed by atoms with Crippen LogP contribution in [0.4, 0.5) is 18.9 Å². The summed E-state index contributed by atoms with van der Waals surface area (Å²) < 4.78 is 66.0. The molecule has 33 heavy (non-hydrogen) atoms. The predicted octanol–water partition coefficient (Wildman–Crippen LogP) is 2.32. The normalized spacial score (nSPS) is 17.0. The topological polar surface area (TPSA) is 89.2 Å². The second-order valence-electron chi connectivity index (χ2n) is 7.93. The molecule has 12 heteroatoms. The molecule has 2 aromatic heterocycles. The largest absolute Gasteiger partial charge is 0.511 e. The molecule has 176 valence electrons. The lowest BCUT2D eigenvalue weighted by Gasteiger charge is -2.22. The smallest absolute Gasteiger partial charge is 0.369 e. The third-order valence-electron chi connectivity index (χ3n) is 5.49. The van der Waals surface area contributed by atoms with Gasteiger partial charge in [0.05, 0.1) is 18.4 Å². The first-order valence-corrected chi connectivity index (χ1v) is 11.6. The molecule has 0 saturated carbocycles. The molecule has 0 bridgehead atoms. The zero-order chi connectivity index (χ0) is 23.8. The minimum Gasteiger partial charge on any atom is -0.369 e. The molecule has 3 heterocycles. The number of sulfonamides is 1. The van der Waals surface area contributed by atoms with Gasteiger partial charge in [0.15, 0.2) is 0 Å². The van der Waals surface area contributed by atoms with Gasteiger partial charge in [0, 0.05) is 55.8 Å². The summed E-state index contributed by atoms with van der Waals surface area (Å²) in [6, 6.07) is 10.2. The maximum atomic E-state index is 12.7. The van der Waals surface area contributed by atoms with Crippen molar-refractivity contribution < 1.29 is 21.6 Å². The van der Waals surface area contributed by atoms with E-state index in [9.17, 15) is 26.4 Å². The highest BCUT2D eigenvalue weighted by atomic mass is 32.2. The molecule has 1 N–H and O–H groups in total. The molecule has 8 nitrogen and oxygen atoms in total. The van der Waals surface area contributed by atoms with E-state index < -0.39 is 21.6 Å². The first-order valence-electron chi connectivity index (χ1n) is 10.1. The number of alkyl halides is 3. The number of aryl methyl sites for hydroxylation is 1. The van der Waals surface area contributed by atoms with Crippen molar-refractivity contribution in [1.82, 2.24) is 19.1 Å². The van der Waals surface area contributed by atoms with Crippen LogP contribution in [0.5, 0.6) is 0 Å². The Morgan fingerprint density at radius 1 is 1.18 bits per heavy atom. The number of aromatic nitrogens is 3. The molecule has 0 aliphatic carbocycles. The van der Waals surface area contributed by atoms with Crippen LogP contribution in [0.2, 0.25) is 0 Å². The Hall–Kier alpha value is -3.12. The van der Waals surface area contributed by atoms with Crippen LogP contribution >= 0.6 is 0 Å². The third-order valence-corrected chi connectivity index (χ3v) is 6.75.